The fourth-order valence-corrected chi connectivity index (χ4v) is 2.89. The molecule has 1 aliphatic heterocycles. The fourth-order valence-electron chi connectivity index (χ4n) is 2.89. The SMILES string of the molecule is CCNCC(C)CN1CCN(c2cccc(OC)c2)CC1. The zero-order valence-electron chi connectivity index (χ0n) is 13.6. The molecule has 118 valence electrons. The van der Waals surface area contributed by atoms with Crippen LogP contribution in [0.5, 0.6) is 5.75 Å². The van der Waals surface area contributed by atoms with Gasteiger partial charge in [0.1, 0.15) is 5.75 Å². The molecule has 4 nitrogen and oxygen atoms in total. The molecule has 0 radical (unpaired) electrons. The first-order valence-corrected chi connectivity index (χ1v) is 8.05. The first-order chi connectivity index (χ1) is 10.2. The molecule has 1 aromatic rings. The molecule has 0 spiro atoms. The van der Waals surface area contributed by atoms with Crippen molar-refractivity contribution < 1.29 is 4.74 Å². The minimum atomic E-state index is 0.716. The van der Waals surface area contributed by atoms with Gasteiger partial charge >= 0.3 is 0 Å². The van der Waals surface area contributed by atoms with Crippen molar-refractivity contribution in [2.75, 3.05) is 57.8 Å². The number of nitrogens with one attached hydrogen (secondary N) is 1. The van der Waals surface area contributed by atoms with Gasteiger partial charge in [-0.1, -0.05) is 19.9 Å². The maximum atomic E-state index is 5.31. The van der Waals surface area contributed by atoms with Crippen LogP contribution in [-0.2, 0) is 0 Å². The van der Waals surface area contributed by atoms with Crippen molar-refractivity contribution >= 4 is 5.69 Å². The average Bonchev–Trinajstić information content (AvgIpc) is 2.53. The van der Waals surface area contributed by atoms with E-state index in [1.165, 1.54) is 12.2 Å². The fraction of sp³-hybridized carbons (Fsp3) is 0.647. The molecular formula is C17H29N3O. The van der Waals surface area contributed by atoms with Crippen molar-refractivity contribution in [1.82, 2.24) is 10.2 Å². The number of benzene rings is 1. The largest absolute Gasteiger partial charge is 0.497 e. The lowest BCUT2D eigenvalue weighted by Gasteiger charge is -2.37. The molecule has 1 heterocycles. The van der Waals surface area contributed by atoms with E-state index in [-0.39, 0.29) is 0 Å². The number of methoxy groups -OCH3 is 1. The molecule has 0 saturated carbocycles. The summed E-state index contributed by atoms with van der Waals surface area (Å²) in [7, 11) is 1.72. The second-order valence-corrected chi connectivity index (χ2v) is 5.90. The summed E-state index contributed by atoms with van der Waals surface area (Å²) in [5.41, 5.74) is 1.27. The smallest absolute Gasteiger partial charge is 0.120 e. The monoisotopic (exact) mass is 291 g/mol. The maximum Gasteiger partial charge on any atom is 0.120 e. The highest BCUT2D eigenvalue weighted by molar-refractivity contribution is 5.51. The minimum absolute atomic E-state index is 0.716. The maximum absolute atomic E-state index is 5.31. The van der Waals surface area contributed by atoms with E-state index < -0.39 is 0 Å². The summed E-state index contributed by atoms with van der Waals surface area (Å²) in [6.07, 6.45) is 0. The van der Waals surface area contributed by atoms with Crippen LogP contribution in [0, 0.1) is 5.92 Å². The summed E-state index contributed by atoms with van der Waals surface area (Å²) >= 11 is 0. The van der Waals surface area contributed by atoms with Gasteiger partial charge in [0.05, 0.1) is 7.11 Å². The van der Waals surface area contributed by atoms with Gasteiger partial charge in [0.2, 0.25) is 0 Å². The highest BCUT2D eigenvalue weighted by Gasteiger charge is 2.18. The lowest BCUT2D eigenvalue weighted by Crippen LogP contribution is -2.48. The molecule has 1 saturated heterocycles. The Morgan fingerprint density at radius 3 is 2.67 bits per heavy atom. The molecule has 0 aromatic heterocycles. The predicted octanol–water partition coefficient (Wildman–Crippen LogP) is 2.06. The predicted molar refractivity (Wildman–Crippen MR) is 89.4 cm³/mol. The van der Waals surface area contributed by atoms with Crippen LogP contribution < -0.4 is 15.0 Å². The summed E-state index contributed by atoms with van der Waals surface area (Å²) in [6, 6.07) is 8.37. The van der Waals surface area contributed by atoms with Gasteiger partial charge in [0.25, 0.3) is 0 Å². The lowest BCUT2D eigenvalue weighted by molar-refractivity contribution is 0.223. The summed E-state index contributed by atoms with van der Waals surface area (Å²) in [5.74, 6) is 1.66. The number of anilines is 1. The Morgan fingerprint density at radius 1 is 1.24 bits per heavy atom. The van der Waals surface area contributed by atoms with E-state index in [1.54, 1.807) is 7.11 Å². The van der Waals surface area contributed by atoms with E-state index in [4.69, 9.17) is 4.74 Å². The molecule has 0 bridgehead atoms. The lowest BCUT2D eigenvalue weighted by atomic mass is 10.1. The summed E-state index contributed by atoms with van der Waals surface area (Å²) in [4.78, 5) is 5.03. The first kappa shape index (κ1) is 16.1. The summed E-state index contributed by atoms with van der Waals surface area (Å²) in [5, 5.41) is 3.43. The second-order valence-electron chi connectivity index (χ2n) is 5.90. The zero-order valence-corrected chi connectivity index (χ0v) is 13.6. The Balaban J connectivity index is 1.79. The molecular weight excluding hydrogens is 262 g/mol. The number of ether oxygens (including phenoxy) is 1. The molecule has 1 fully saturated rings. The van der Waals surface area contributed by atoms with E-state index in [9.17, 15) is 0 Å². The number of hydrogen-bond acceptors (Lipinski definition) is 4. The summed E-state index contributed by atoms with van der Waals surface area (Å²) in [6.45, 7) is 12.4. The van der Waals surface area contributed by atoms with Crippen LogP contribution in [0.25, 0.3) is 0 Å². The van der Waals surface area contributed by atoms with Crippen LogP contribution in [0.15, 0.2) is 24.3 Å². The molecule has 0 amide bonds. The molecule has 0 aliphatic carbocycles. The van der Waals surface area contributed by atoms with E-state index in [0.717, 1.165) is 45.0 Å². The minimum Gasteiger partial charge on any atom is -0.497 e. The van der Waals surface area contributed by atoms with Gasteiger partial charge in [-0.3, -0.25) is 4.90 Å². The van der Waals surface area contributed by atoms with Crippen molar-refractivity contribution in [2.45, 2.75) is 13.8 Å². The number of rotatable bonds is 7. The zero-order chi connectivity index (χ0) is 15.1. The molecule has 2 rings (SSSR count). The van der Waals surface area contributed by atoms with Crippen LogP contribution >= 0.6 is 0 Å². The van der Waals surface area contributed by atoms with Gasteiger partial charge in [0.15, 0.2) is 0 Å². The molecule has 1 aliphatic rings. The Kier molecular flexibility index (Phi) is 6.33. The number of piperazine rings is 1. The Labute approximate surface area is 129 Å². The van der Waals surface area contributed by atoms with Gasteiger partial charge in [-0.2, -0.15) is 0 Å². The van der Waals surface area contributed by atoms with Crippen molar-refractivity contribution in [2.24, 2.45) is 5.92 Å². The highest BCUT2D eigenvalue weighted by atomic mass is 16.5. The molecule has 1 N–H and O–H groups in total. The van der Waals surface area contributed by atoms with E-state index in [2.05, 4.69) is 47.2 Å². The Morgan fingerprint density at radius 2 is 2.00 bits per heavy atom. The van der Waals surface area contributed by atoms with Crippen LogP contribution in [0.4, 0.5) is 5.69 Å². The van der Waals surface area contributed by atoms with Crippen molar-refractivity contribution in [3.63, 3.8) is 0 Å². The van der Waals surface area contributed by atoms with Gasteiger partial charge in [-0.25, -0.2) is 0 Å². The Hall–Kier alpha value is -1.26. The number of hydrogen-bond donors (Lipinski definition) is 1. The second kappa shape index (κ2) is 8.25. The van der Waals surface area contributed by atoms with Gasteiger partial charge in [-0.05, 0) is 31.1 Å². The van der Waals surface area contributed by atoms with E-state index >= 15 is 0 Å². The average molecular weight is 291 g/mol. The molecule has 21 heavy (non-hydrogen) atoms. The topological polar surface area (TPSA) is 27.7 Å². The third-order valence-electron chi connectivity index (χ3n) is 4.10. The van der Waals surface area contributed by atoms with Gasteiger partial charge in [-0.15, -0.1) is 0 Å². The molecule has 1 unspecified atom stereocenters. The molecule has 4 heteroatoms. The third kappa shape index (κ3) is 4.90. The summed E-state index contributed by atoms with van der Waals surface area (Å²) < 4.78 is 5.31. The third-order valence-corrected chi connectivity index (χ3v) is 4.10. The van der Waals surface area contributed by atoms with Crippen LogP contribution in [-0.4, -0.2) is 57.8 Å². The standard InChI is InChI=1S/C17H29N3O/c1-4-18-13-15(2)14-19-8-10-20(11-9-19)16-6-5-7-17(12-16)21-3/h5-7,12,15,18H,4,8-11,13-14H2,1-3H3. The molecule has 1 atom stereocenters. The van der Waals surface area contributed by atoms with Crippen LogP contribution in [0.2, 0.25) is 0 Å². The van der Waals surface area contributed by atoms with E-state index in [1.807, 2.05) is 6.07 Å². The first-order valence-electron chi connectivity index (χ1n) is 8.05. The number of nitrogens with zero attached hydrogens (tertiary/aromatic N) is 2. The van der Waals surface area contributed by atoms with E-state index in [0.29, 0.717) is 5.92 Å². The normalized spacial score (nSPS) is 17.8. The Bertz CT molecular complexity index is 416. The van der Waals surface area contributed by atoms with Crippen LogP contribution in [0.1, 0.15) is 13.8 Å². The van der Waals surface area contributed by atoms with Crippen molar-refractivity contribution in [3.05, 3.63) is 24.3 Å². The van der Waals surface area contributed by atoms with Crippen molar-refractivity contribution in [1.29, 1.82) is 0 Å². The highest BCUT2D eigenvalue weighted by Crippen LogP contribution is 2.22. The van der Waals surface area contributed by atoms with Crippen LogP contribution in [0.3, 0.4) is 0 Å². The molecule has 1 aromatic carbocycles. The van der Waals surface area contributed by atoms with Gasteiger partial charge < -0.3 is 15.0 Å². The van der Waals surface area contributed by atoms with Crippen molar-refractivity contribution in [3.8, 4) is 5.75 Å². The van der Waals surface area contributed by atoms with Gasteiger partial charge in [0, 0.05) is 44.5 Å². The quantitative estimate of drug-likeness (QED) is 0.832.